The Labute approximate surface area is 198 Å². The van der Waals surface area contributed by atoms with E-state index >= 15 is 0 Å². The van der Waals surface area contributed by atoms with Crippen LogP contribution in [0.1, 0.15) is 28.8 Å². The molecule has 0 spiro atoms. The van der Waals surface area contributed by atoms with Gasteiger partial charge in [0, 0.05) is 22.0 Å². The molecule has 0 atom stereocenters. The molecule has 2 aromatic carbocycles. The summed E-state index contributed by atoms with van der Waals surface area (Å²) in [5.41, 5.74) is 1.96. The molecule has 0 saturated heterocycles. The second-order valence-electron chi connectivity index (χ2n) is 6.08. The predicted molar refractivity (Wildman–Crippen MR) is 142 cm³/mol. The van der Waals surface area contributed by atoms with Gasteiger partial charge in [0.2, 0.25) is 5.12 Å². The van der Waals surface area contributed by atoms with Crippen molar-refractivity contribution in [2.75, 3.05) is 35.0 Å². The molecule has 2 nitrogen and oxygen atoms in total. The van der Waals surface area contributed by atoms with Gasteiger partial charge in [0.15, 0.2) is 0 Å². The second-order valence-corrected chi connectivity index (χ2v) is 10.5. The van der Waals surface area contributed by atoms with Gasteiger partial charge in [-0.15, -0.1) is 11.8 Å². The second kappa shape index (κ2) is 18.7. The lowest BCUT2D eigenvalue weighted by molar-refractivity contribution is -0.105. The maximum absolute atomic E-state index is 11.9. The van der Waals surface area contributed by atoms with Crippen LogP contribution in [0, 0.1) is 0 Å². The maximum Gasteiger partial charge on any atom is 0.219 e. The molecule has 0 fully saturated rings. The van der Waals surface area contributed by atoms with Crippen molar-refractivity contribution in [2.45, 2.75) is 12.8 Å². The Bertz CT molecular complexity index is 667. The third-order valence-electron chi connectivity index (χ3n) is 3.73. The van der Waals surface area contributed by atoms with Gasteiger partial charge in [0.1, 0.15) is 6.29 Å². The van der Waals surface area contributed by atoms with E-state index in [1.807, 2.05) is 60.3 Å². The lowest BCUT2D eigenvalue weighted by Gasteiger charge is -2.05. The molecule has 0 unspecified atom stereocenters. The first-order valence-corrected chi connectivity index (χ1v) is 14.3. The minimum absolute atomic E-state index is 0.155. The molecular formula is C24H30O2S4. The van der Waals surface area contributed by atoms with Crippen molar-refractivity contribution in [3.8, 4) is 0 Å². The number of hydrogen-bond donors (Lipinski definition) is 0. The van der Waals surface area contributed by atoms with Crippen LogP contribution in [0.4, 0.5) is 0 Å². The lowest BCUT2D eigenvalue weighted by Crippen LogP contribution is -1.95. The zero-order chi connectivity index (χ0) is 21.9. The molecule has 30 heavy (non-hydrogen) atoms. The molecule has 0 heterocycles. The van der Waals surface area contributed by atoms with Gasteiger partial charge in [-0.3, -0.25) is 4.79 Å². The van der Waals surface area contributed by atoms with Gasteiger partial charge in [-0.1, -0.05) is 79.0 Å². The number of thioether (sulfide) groups is 4. The Morgan fingerprint density at radius 1 is 0.833 bits per heavy atom. The van der Waals surface area contributed by atoms with Crippen molar-refractivity contribution < 1.29 is 9.59 Å². The fourth-order valence-corrected chi connectivity index (χ4v) is 5.25. The highest BCUT2D eigenvalue weighted by atomic mass is 32.2. The summed E-state index contributed by atoms with van der Waals surface area (Å²) in [6.07, 6.45) is 5.29. The first kappa shape index (κ1) is 27.0. The number of benzene rings is 2. The normalized spacial score (nSPS) is 10.0. The van der Waals surface area contributed by atoms with Crippen LogP contribution in [0.3, 0.4) is 0 Å². The van der Waals surface area contributed by atoms with Gasteiger partial charge in [-0.2, -0.15) is 23.5 Å². The minimum Gasteiger partial charge on any atom is -0.302 e. The zero-order valence-electron chi connectivity index (χ0n) is 17.5. The number of rotatable bonds is 13. The van der Waals surface area contributed by atoms with E-state index < -0.39 is 0 Å². The van der Waals surface area contributed by atoms with Crippen molar-refractivity contribution in [2.24, 2.45) is 0 Å². The van der Waals surface area contributed by atoms with E-state index in [1.54, 1.807) is 23.5 Å². The molecule has 0 radical (unpaired) electrons. The van der Waals surface area contributed by atoms with Gasteiger partial charge in [-0.05, 0) is 41.9 Å². The van der Waals surface area contributed by atoms with Crippen molar-refractivity contribution in [3.63, 3.8) is 0 Å². The van der Waals surface area contributed by atoms with Gasteiger partial charge < -0.3 is 4.79 Å². The number of aldehydes is 1. The molecule has 0 saturated carbocycles. The van der Waals surface area contributed by atoms with Crippen LogP contribution in [0.15, 0.2) is 67.2 Å². The van der Waals surface area contributed by atoms with Crippen LogP contribution in [0.5, 0.6) is 0 Å². The van der Waals surface area contributed by atoms with E-state index in [0.29, 0.717) is 5.75 Å². The zero-order valence-corrected chi connectivity index (χ0v) is 20.7. The summed E-state index contributed by atoms with van der Waals surface area (Å²) >= 11 is 6.72. The van der Waals surface area contributed by atoms with Gasteiger partial charge in [0.05, 0.1) is 0 Å². The molecule has 0 amide bonds. The Morgan fingerprint density at radius 2 is 1.40 bits per heavy atom. The molecule has 0 aliphatic carbocycles. The molecular weight excluding hydrogens is 449 g/mol. The van der Waals surface area contributed by atoms with E-state index in [4.69, 9.17) is 0 Å². The first-order chi connectivity index (χ1) is 14.7. The first-order valence-electron chi connectivity index (χ1n) is 9.78. The van der Waals surface area contributed by atoms with Crippen LogP contribution < -0.4 is 0 Å². The summed E-state index contributed by atoms with van der Waals surface area (Å²) in [5.74, 6) is 4.84. The highest BCUT2D eigenvalue weighted by Crippen LogP contribution is 2.26. The van der Waals surface area contributed by atoms with Gasteiger partial charge >= 0.3 is 0 Å². The SMILES string of the molecule is C=C(SCCCSC(=O)c1ccccc1)c1ccccc1.CSCCCSCC=O. The average Bonchev–Trinajstić information content (AvgIpc) is 2.80. The van der Waals surface area contributed by atoms with E-state index in [9.17, 15) is 9.59 Å². The largest absolute Gasteiger partial charge is 0.302 e. The molecule has 162 valence electrons. The summed E-state index contributed by atoms with van der Waals surface area (Å²) in [7, 11) is 0. The molecule has 0 aliphatic heterocycles. The van der Waals surface area contributed by atoms with Crippen molar-refractivity contribution in [1.82, 2.24) is 0 Å². The summed E-state index contributed by atoms with van der Waals surface area (Å²) < 4.78 is 0. The van der Waals surface area contributed by atoms with Crippen LogP contribution in [-0.4, -0.2) is 46.4 Å². The molecule has 0 aromatic heterocycles. The third kappa shape index (κ3) is 13.3. The molecule has 2 aromatic rings. The highest BCUT2D eigenvalue weighted by molar-refractivity contribution is 8.14. The van der Waals surface area contributed by atoms with Crippen molar-refractivity contribution in [3.05, 3.63) is 78.4 Å². The van der Waals surface area contributed by atoms with Crippen LogP contribution in [0.25, 0.3) is 4.91 Å². The van der Waals surface area contributed by atoms with E-state index in [0.717, 1.165) is 40.4 Å². The van der Waals surface area contributed by atoms with E-state index in [-0.39, 0.29) is 5.12 Å². The molecule has 0 aliphatic rings. The average molecular weight is 479 g/mol. The Hall–Kier alpha value is -1.08. The molecule has 6 heteroatoms. The lowest BCUT2D eigenvalue weighted by atomic mass is 10.2. The number of hydrogen-bond acceptors (Lipinski definition) is 6. The van der Waals surface area contributed by atoms with Crippen LogP contribution in [0.2, 0.25) is 0 Å². The molecule has 2 rings (SSSR count). The Morgan fingerprint density at radius 3 is 2.00 bits per heavy atom. The highest BCUT2D eigenvalue weighted by Gasteiger charge is 2.05. The van der Waals surface area contributed by atoms with E-state index in [2.05, 4.69) is 25.0 Å². The van der Waals surface area contributed by atoms with Crippen LogP contribution in [-0.2, 0) is 4.79 Å². The standard InChI is InChI=1S/C18H18OS2.C6H12OS2/c1-15(16-9-4-2-5-10-16)20-13-8-14-21-18(19)17-11-6-3-7-12-17;1-8-4-2-5-9-6-3-7/h2-7,9-12H,1,8,13-14H2;3H,2,4-6H2,1H3. The topological polar surface area (TPSA) is 34.1 Å². The minimum atomic E-state index is 0.155. The molecule has 0 N–H and O–H groups in total. The monoisotopic (exact) mass is 478 g/mol. The van der Waals surface area contributed by atoms with Crippen molar-refractivity contribution in [1.29, 1.82) is 0 Å². The van der Waals surface area contributed by atoms with Gasteiger partial charge in [0.25, 0.3) is 0 Å². The number of carbonyl (C=O) groups excluding carboxylic acids is 2. The quantitative estimate of drug-likeness (QED) is 0.227. The Kier molecular flexibility index (Phi) is 16.8. The maximum atomic E-state index is 11.9. The summed E-state index contributed by atoms with van der Waals surface area (Å²) in [5, 5.41) is 0.155. The fraction of sp³-hybridized carbons (Fsp3) is 0.333. The summed E-state index contributed by atoms with van der Waals surface area (Å²) in [4.78, 5) is 22.8. The number of carbonyl (C=O) groups is 2. The summed E-state index contributed by atoms with van der Waals surface area (Å²) in [6.45, 7) is 4.09. The van der Waals surface area contributed by atoms with E-state index in [1.165, 1.54) is 29.5 Å². The van der Waals surface area contributed by atoms with Crippen molar-refractivity contribution >= 4 is 63.4 Å². The van der Waals surface area contributed by atoms with Crippen LogP contribution >= 0.6 is 47.0 Å². The predicted octanol–water partition coefficient (Wildman–Crippen LogP) is 7.03. The smallest absolute Gasteiger partial charge is 0.219 e. The molecule has 0 bridgehead atoms. The third-order valence-corrected chi connectivity index (χ3v) is 7.44. The fourth-order valence-electron chi connectivity index (χ4n) is 2.22. The summed E-state index contributed by atoms with van der Waals surface area (Å²) in [6, 6.07) is 19.6. The van der Waals surface area contributed by atoms with Gasteiger partial charge in [-0.25, -0.2) is 0 Å². The Balaban J connectivity index is 0.000000424.